The van der Waals surface area contributed by atoms with Crippen LogP contribution in [0.5, 0.6) is 5.75 Å². The minimum atomic E-state index is -0.431. The molecule has 1 amide bonds. The number of carbonyl (C=O) groups is 1. The molecule has 0 aliphatic heterocycles. The second kappa shape index (κ2) is 10.3. The molecule has 0 aliphatic carbocycles. The number of aromatic nitrogens is 2. The number of carbonyl (C=O) groups excluding carboxylic acids is 1. The molecule has 3 aromatic rings. The van der Waals surface area contributed by atoms with Crippen molar-refractivity contribution in [2.45, 2.75) is 39.0 Å². The van der Waals surface area contributed by atoms with E-state index in [9.17, 15) is 4.79 Å². The molecule has 0 spiro atoms. The predicted octanol–water partition coefficient (Wildman–Crippen LogP) is 5.46. The number of pyridine rings is 1. The molecule has 2 heterocycles. The Bertz CT molecular complexity index is 878. The van der Waals surface area contributed by atoms with E-state index in [1.165, 1.54) is 25.5 Å². The van der Waals surface area contributed by atoms with E-state index < -0.39 is 6.09 Å². The Morgan fingerprint density at radius 2 is 1.93 bits per heavy atom. The normalized spacial score (nSPS) is 10.6. The Balaban J connectivity index is 1.58. The van der Waals surface area contributed by atoms with Gasteiger partial charge in [0.05, 0.1) is 11.8 Å². The Kier molecular flexibility index (Phi) is 7.18. The SMILES string of the molecule is CCCCCCCNC(=O)Oc1cccc(-c2cncc(-c3ncco3)c2)c1. The van der Waals surface area contributed by atoms with Crippen LogP contribution in [0.2, 0.25) is 0 Å². The topological polar surface area (TPSA) is 77.2 Å². The van der Waals surface area contributed by atoms with Gasteiger partial charge in [-0.2, -0.15) is 0 Å². The molecule has 0 unspecified atom stereocenters. The maximum absolute atomic E-state index is 12.0. The molecule has 0 bridgehead atoms. The fraction of sp³-hybridized carbons (Fsp3) is 0.318. The summed E-state index contributed by atoms with van der Waals surface area (Å²) in [4.78, 5) is 20.4. The largest absolute Gasteiger partial charge is 0.444 e. The number of oxazole rings is 1. The van der Waals surface area contributed by atoms with Crippen LogP contribution in [0.1, 0.15) is 39.0 Å². The van der Waals surface area contributed by atoms with Gasteiger partial charge in [-0.1, -0.05) is 44.7 Å². The second-order valence-electron chi connectivity index (χ2n) is 6.56. The van der Waals surface area contributed by atoms with Gasteiger partial charge in [0.2, 0.25) is 5.89 Å². The summed E-state index contributed by atoms with van der Waals surface area (Å²) in [6.07, 6.45) is 11.9. The van der Waals surface area contributed by atoms with Gasteiger partial charge in [0, 0.05) is 24.5 Å². The van der Waals surface area contributed by atoms with Gasteiger partial charge < -0.3 is 14.5 Å². The van der Waals surface area contributed by atoms with E-state index in [4.69, 9.17) is 9.15 Å². The molecule has 2 aromatic heterocycles. The van der Waals surface area contributed by atoms with Crippen LogP contribution in [0.15, 0.2) is 59.6 Å². The number of benzene rings is 1. The fourth-order valence-corrected chi connectivity index (χ4v) is 2.88. The van der Waals surface area contributed by atoms with Gasteiger partial charge in [-0.15, -0.1) is 0 Å². The summed E-state index contributed by atoms with van der Waals surface area (Å²) in [6, 6.07) is 9.30. The lowest BCUT2D eigenvalue weighted by Crippen LogP contribution is -2.27. The zero-order chi connectivity index (χ0) is 19.6. The van der Waals surface area contributed by atoms with Crippen LogP contribution in [0.4, 0.5) is 4.79 Å². The summed E-state index contributed by atoms with van der Waals surface area (Å²) in [5.74, 6) is 1.00. The van der Waals surface area contributed by atoms with Crippen LogP contribution in [0.25, 0.3) is 22.6 Å². The second-order valence-corrected chi connectivity index (χ2v) is 6.56. The van der Waals surface area contributed by atoms with E-state index in [1.807, 2.05) is 24.3 Å². The third kappa shape index (κ3) is 5.67. The van der Waals surface area contributed by atoms with Crippen molar-refractivity contribution in [3.8, 4) is 28.3 Å². The van der Waals surface area contributed by atoms with E-state index in [0.717, 1.165) is 29.5 Å². The molecule has 6 heteroatoms. The highest BCUT2D eigenvalue weighted by Crippen LogP contribution is 2.27. The summed E-state index contributed by atoms with van der Waals surface area (Å²) in [5.41, 5.74) is 2.57. The van der Waals surface area contributed by atoms with Crippen molar-refractivity contribution in [1.29, 1.82) is 0 Å². The van der Waals surface area contributed by atoms with Gasteiger partial charge in [-0.05, 0) is 30.2 Å². The smallest absolute Gasteiger partial charge is 0.412 e. The number of nitrogens with zero attached hydrogens (tertiary/aromatic N) is 2. The lowest BCUT2D eigenvalue weighted by molar-refractivity contribution is 0.200. The van der Waals surface area contributed by atoms with Crippen LogP contribution in [0.3, 0.4) is 0 Å². The van der Waals surface area contributed by atoms with Gasteiger partial charge in [0.25, 0.3) is 0 Å². The third-order valence-corrected chi connectivity index (χ3v) is 4.35. The lowest BCUT2D eigenvalue weighted by Gasteiger charge is -2.08. The first-order valence-electron chi connectivity index (χ1n) is 9.67. The van der Waals surface area contributed by atoms with Crippen molar-refractivity contribution in [2.24, 2.45) is 0 Å². The van der Waals surface area contributed by atoms with E-state index in [-0.39, 0.29) is 0 Å². The fourth-order valence-electron chi connectivity index (χ4n) is 2.88. The third-order valence-electron chi connectivity index (χ3n) is 4.35. The quantitative estimate of drug-likeness (QED) is 0.499. The molecule has 3 rings (SSSR count). The zero-order valence-corrected chi connectivity index (χ0v) is 16.1. The molecule has 146 valence electrons. The zero-order valence-electron chi connectivity index (χ0n) is 16.1. The van der Waals surface area contributed by atoms with E-state index >= 15 is 0 Å². The molecule has 0 saturated heterocycles. The molecular formula is C22H25N3O3. The highest BCUT2D eigenvalue weighted by molar-refractivity contribution is 5.73. The minimum Gasteiger partial charge on any atom is -0.444 e. The van der Waals surface area contributed by atoms with Crippen molar-refractivity contribution < 1.29 is 13.9 Å². The van der Waals surface area contributed by atoms with Crippen LogP contribution in [-0.2, 0) is 0 Å². The maximum Gasteiger partial charge on any atom is 0.412 e. The Morgan fingerprint density at radius 3 is 2.75 bits per heavy atom. The first-order valence-corrected chi connectivity index (χ1v) is 9.67. The summed E-state index contributed by atoms with van der Waals surface area (Å²) >= 11 is 0. The Labute approximate surface area is 165 Å². The van der Waals surface area contributed by atoms with Crippen LogP contribution >= 0.6 is 0 Å². The van der Waals surface area contributed by atoms with Crippen molar-refractivity contribution in [1.82, 2.24) is 15.3 Å². The highest BCUT2D eigenvalue weighted by atomic mass is 16.6. The summed E-state index contributed by atoms with van der Waals surface area (Å²) in [5, 5.41) is 2.80. The van der Waals surface area contributed by atoms with Crippen molar-refractivity contribution in [3.63, 3.8) is 0 Å². The van der Waals surface area contributed by atoms with E-state index in [0.29, 0.717) is 18.2 Å². The molecule has 1 aromatic carbocycles. The monoisotopic (exact) mass is 379 g/mol. The Morgan fingerprint density at radius 1 is 1.07 bits per heavy atom. The number of hydrogen-bond acceptors (Lipinski definition) is 5. The summed E-state index contributed by atoms with van der Waals surface area (Å²) in [6.45, 7) is 2.81. The van der Waals surface area contributed by atoms with Crippen LogP contribution < -0.4 is 10.1 Å². The molecule has 0 fully saturated rings. The number of nitrogens with one attached hydrogen (secondary N) is 1. The first kappa shape index (κ1) is 19.6. The molecule has 0 radical (unpaired) electrons. The lowest BCUT2D eigenvalue weighted by atomic mass is 10.1. The molecule has 0 atom stereocenters. The van der Waals surface area contributed by atoms with Gasteiger partial charge in [0.15, 0.2) is 0 Å². The number of hydrogen-bond donors (Lipinski definition) is 1. The van der Waals surface area contributed by atoms with Gasteiger partial charge in [0.1, 0.15) is 12.0 Å². The van der Waals surface area contributed by atoms with Crippen molar-refractivity contribution in [2.75, 3.05) is 6.54 Å². The number of ether oxygens (including phenoxy) is 1. The molecule has 1 N–H and O–H groups in total. The minimum absolute atomic E-state index is 0.431. The number of unbranched alkanes of at least 4 members (excludes halogenated alkanes) is 4. The van der Waals surface area contributed by atoms with Crippen molar-refractivity contribution >= 4 is 6.09 Å². The predicted molar refractivity (Wildman–Crippen MR) is 108 cm³/mol. The molecule has 6 nitrogen and oxygen atoms in total. The van der Waals surface area contributed by atoms with Crippen molar-refractivity contribution in [3.05, 3.63) is 55.2 Å². The summed E-state index contributed by atoms with van der Waals surface area (Å²) < 4.78 is 10.7. The highest BCUT2D eigenvalue weighted by Gasteiger charge is 2.08. The maximum atomic E-state index is 12.0. The number of rotatable bonds is 9. The molecule has 0 saturated carbocycles. The van der Waals surface area contributed by atoms with Gasteiger partial charge >= 0.3 is 6.09 Å². The average Bonchev–Trinajstić information content (AvgIpc) is 3.26. The van der Waals surface area contributed by atoms with E-state index in [1.54, 1.807) is 24.7 Å². The van der Waals surface area contributed by atoms with Gasteiger partial charge in [-0.3, -0.25) is 4.98 Å². The Hall–Kier alpha value is -3.15. The molecule has 0 aliphatic rings. The van der Waals surface area contributed by atoms with Crippen LogP contribution in [-0.4, -0.2) is 22.6 Å². The standard InChI is InChI=1S/C22H25N3O3/c1-2-3-4-5-6-10-25-22(26)28-20-9-7-8-17(14-20)18-13-19(16-23-15-18)21-24-11-12-27-21/h7-9,11-16H,2-6,10H2,1H3,(H,25,26). The van der Waals surface area contributed by atoms with E-state index in [2.05, 4.69) is 22.2 Å². The summed E-state index contributed by atoms with van der Waals surface area (Å²) in [7, 11) is 0. The average molecular weight is 379 g/mol. The van der Waals surface area contributed by atoms with Gasteiger partial charge in [-0.25, -0.2) is 9.78 Å². The van der Waals surface area contributed by atoms with Crippen LogP contribution in [0, 0.1) is 0 Å². The number of amides is 1. The molecule has 28 heavy (non-hydrogen) atoms. The first-order chi connectivity index (χ1) is 13.8. The molecular weight excluding hydrogens is 354 g/mol.